The second-order valence-corrected chi connectivity index (χ2v) is 4.47. The van der Waals surface area contributed by atoms with Crippen LogP contribution < -0.4 is 4.90 Å². The molecule has 1 N–H and O–H groups in total. The number of hydrogen-bond acceptors (Lipinski definition) is 4. The molecule has 1 aliphatic heterocycles. The molecule has 0 aliphatic carbocycles. The lowest BCUT2D eigenvalue weighted by atomic mass is 10.1. The lowest BCUT2D eigenvalue weighted by molar-refractivity contribution is 0.0697. The molecule has 92 valence electrons. The number of rotatable bonds is 3. The van der Waals surface area contributed by atoms with Crippen molar-refractivity contribution in [3.8, 4) is 0 Å². The molecule has 2 heterocycles. The highest BCUT2D eigenvalue weighted by atomic mass is 16.4. The van der Waals surface area contributed by atoms with Crippen LogP contribution in [0.15, 0.2) is 12.3 Å². The van der Waals surface area contributed by atoms with Crippen LogP contribution in [0, 0.1) is 0 Å². The molecular weight excluding hydrogens is 218 g/mol. The van der Waals surface area contributed by atoms with E-state index in [9.17, 15) is 9.90 Å². The average molecular weight is 235 g/mol. The molecule has 5 heteroatoms. The van der Waals surface area contributed by atoms with Crippen LogP contribution in [-0.4, -0.2) is 33.4 Å². The van der Waals surface area contributed by atoms with Gasteiger partial charge in [-0.2, -0.15) is 5.10 Å². The highest BCUT2D eigenvalue weighted by Crippen LogP contribution is 2.32. The van der Waals surface area contributed by atoms with Crippen LogP contribution in [0.2, 0.25) is 0 Å². The summed E-state index contributed by atoms with van der Waals surface area (Å²) in [6.07, 6.45) is 4.59. The molecule has 1 saturated heterocycles. The zero-order chi connectivity index (χ0) is 12.4. The van der Waals surface area contributed by atoms with E-state index in [2.05, 4.69) is 28.9 Å². The first-order valence-corrected chi connectivity index (χ1v) is 5.98. The summed E-state index contributed by atoms with van der Waals surface area (Å²) in [5.74, 6) is -0.430. The molecule has 0 radical (unpaired) electrons. The van der Waals surface area contributed by atoms with Crippen molar-refractivity contribution in [1.29, 1.82) is 0 Å². The van der Waals surface area contributed by atoms with Gasteiger partial charge in [0.25, 0.3) is 0 Å². The topological polar surface area (TPSA) is 66.3 Å². The van der Waals surface area contributed by atoms with E-state index < -0.39 is 5.97 Å². The molecule has 1 fully saturated rings. The van der Waals surface area contributed by atoms with Gasteiger partial charge in [-0.3, -0.25) is 0 Å². The Balaban J connectivity index is 2.41. The van der Waals surface area contributed by atoms with Crippen LogP contribution in [0.4, 0.5) is 5.82 Å². The van der Waals surface area contributed by atoms with Crippen molar-refractivity contribution in [3.05, 3.63) is 17.8 Å². The zero-order valence-corrected chi connectivity index (χ0v) is 10.1. The molecule has 0 aromatic carbocycles. The summed E-state index contributed by atoms with van der Waals surface area (Å²) in [6.45, 7) is 4.22. The maximum atomic E-state index is 11.2. The molecule has 17 heavy (non-hydrogen) atoms. The number of nitrogens with zero attached hydrogens (tertiary/aromatic N) is 3. The minimum absolute atomic E-state index is 0.243. The summed E-state index contributed by atoms with van der Waals surface area (Å²) in [6, 6.07) is 2.22. The minimum atomic E-state index is -0.941. The second kappa shape index (κ2) is 4.69. The highest BCUT2D eigenvalue weighted by Gasteiger charge is 2.33. The molecule has 1 aromatic rings. The van der Waals surface area contributed by atoms with E-state index in [1.807, 2.05) is 0 Å². The van der Waals surface area contributed by atoms with Crippen molar-refractivity contribution in [2.24, 2.45) is 0 Å². The third-order valence-electron chi connectivity index (χ3n) is 3.43. The number of carboxylic acids is 1. The molecule has 5 nitrogen and oxygen atoms in total. The minimum Gasteiger partial charge on any atom is -0.478 e. The van der Waals surface area contributed by atoms with Crippen molar-refractivity contribution in [1.82, 2.24) is 10.2 Å². The SMILES string of the molecule is CCC1CCC(C)N1c1nnccc1C(=O)O. The summed E-state index contributed by atoms with van der Waals surface area (Å²) in [5, 5.41) is 17.0. The van der Waals surface area contributed by atoms with Gasteiger partial charge in [-0.15, -0.1) is 5.10 Å². The smallest absolute Gasteiger partial charge is 0.339 e. The standard InChI is InChI=1S/C12H17N3O2/c1-3-9-5-4-8(2)15(9)11-10(12(16)17)6-7-13-14-11/h6-9H,3-5H2,1-2H3,(H,16,17). The van der Waals surface area contributed by atoms with Gasteiger partial charge in [0.1, 0.15) is 5.56 Å². The van der Waals surface area contributed by atoms with Crippen molar-refractivity contribution in [2.45, 2.75) is 45.2 Å². The molecule has 2 rings (SSSR count). The van der Waals surface area contributed by atoms with E-state index in [0.29, 0.717) is 17.9 Å². The normalized spacial score (nSPS) is 24.0. The summed E-state index contributed by atoms with van der Waals surface area (Å²) in [4.78, 5) is 13.3. The summed E-state index contributed by atoms with van der Waals surface area (Å²) >= 11 is 0. The van der Waals surface area contributed by atoms with Gasteiger partial charge in [-0.05, 0) is 32.3 Å². The summed E-state index contributed by atoms with van der Waals surface area (Å²) in [7, 11) is 0. The number of anilines is 1. The number of carboxylic acid groups (broad SMARTS) is 1. The van der Waals surface area contributed by atoms with E-state index in [-0.39, 0.29) is 5.56 Å². The first kappa shape index (κ1) is 11.8. The summed E-state index contributed by atoms with van der Waals surface area (Å²) in [5.41, 5.74) is 0.243. The average Bonchev–Trinajstić information content (AvgIpc) is 2.70. The Morgan fingerprint density at radius 3 is 3.00 bits per heavy atom. The van der Waals surface area contributed by atoms with Gasteiger partial charge in [-0.1, -0.05) is 6.92 Å². The Labute approximate surface area is 100 Å². The highest BCUT2D eigenvalue weighted by molar-refractivity contribution is 5.93. The van der Waals surface area contributed by atoms with Crippen molar-refractivity contribution in [3.63, 3.8) is 0 Å². The second-order valence-electron chi connectivity index (χ2n) is 4.47. The maximum absolute atomic E-state index is 11.2. The van der Waals surface area contributed by atoms with E-state index in [4.69, 9.17) is 0 Å². The molecule has 1 aliphatic rings. The molecule has 2 atom stereocenters. The molecule has 0 spiro atoms. The lowest BCUT2D eigenvalue weighted by Crippen LogP contribution is -2.36. The molecule has 0 saturated carbocycles. The molecular formula is C12H17N3O2. The van der Waals surface area contributed by atoms with Crippen LogP contribution in [0.1, 0.15) is 43.5 Å². The lowest BCUT2D eigenvalue weighted by Gasteiger charge is -2.29. The molecule has 0 bridgehead atoms. The Kier molecular flexibility index (Phi) is 3.26. The van der Waals surface area contributed by atoms with Crippen molar-refractivity contribution >= 4 is 11.8 Å². The number of hydrogen-bond donors (Lipinski definition) is 1. The predicted molar refractivity (Wildman–Crippen MR) is 64.2 cm³/mol. The zero-order valence-electron chi connectivity index (χ0n) is 10.1. The largest absolute Gasteiger partial charge is 0.478 e. The number of carbonyl (C=O) groups is 1. The fourth-order valence-electron chi connectivity index (χ4n) is 2.54. The Morgan fingerprint density at radius 1 is 1.59 bits per heavy atom. The van der Waals surface area contributed by atoms with Gasteiger partial charge in [0.15, 0.2) is 5.82 Å². The Hall–Kier alpha value is -1.65. The Bertz CT molecular complexity index is 422. The maximum Gasteiger partial charge on any atom is 0.339 e. The van der Waals surface area contributed by atoms with Crippen LogP contribution >= 0.6 is 0 Å². The van der Waals surface area contributed by atoms with Crippen LogP contribution in [0.3, 0.4) is 0 Å². The van der Waals surface area contributed by atoms with Crippen LogP contribution in [-0.2, 0) is 0 Å². The van der Waals surface area contributed by atoms with Gasteiger partial charge in [0, 0.05) is 12.1 Å². The molecule has 0 amide bonds. The Morgan fingerprint density at radius 2 is 2.35 bits per heavy atom. The first-order chi connectivity index (χ1) is 8.15. The van der Waals surface area contributed by atoms with Crippen molar-refractivity contribution in [2.75, 3.05) is 4.90 Å². The van der Waals surface area contributed by atoms with Gasteiger partial charge in [0.05, 0.1) is 6.20 Å². The molecule has 2 unspecified atom stereocenters. The molecule has 1 aromatic heterocycles. The van der Waals surface area contributed by atoms with Crippen LogP contribution in [0.5, 0.6) is 0 Å². The quantitative estimate of drug-likeness (QED) is 0.867. The fourth-order valence-corrected chi connectivity index (χ4v) is 2.54. The van der Waals surface area contributed by atoms with E-state index in [1.165, 1.54) is 12.3 Å². The third-order valence-corrected chi connectivity index (χ3v) is 3.43. The van der Waals surface area contributed by atoms with Crippen molar-refractivity contribution < 1.29 is 9.90 Å². The fraction of sp³-hybridized carbons (Fsp3) is 0.583. The van der Waals surface area contributed by atoms with E-state index in [1.54, 1.807) is 0 Å². The number of aromatic carboxylic acids is 1. The monoisotopic (exact) mass is 235 g/mol. The van der Waals surface area contributed by atoms with Crippen LogP contribution in [0.25, 0.3) is 0 Å². The van der Waals surface area contributed by atoms with Gasteiger partial charge in [0.2, 0.25) is 0 Å². The first-order valence-electron chi connectivity index (χ1n) is 5.98. The van der Waals surface area contributed by atoms with E-state index >= 15 is 0 Å². The van der Waals surface area contributed by atoms with Gasteiger partial charge < -0.3 is 10.0 Å². The van der Waals surface area contributed by atoms with E-state index in [0.717, 1.165) is 19.3 Å². The number of aromatic nitrogens is 2. The van der Waals surface area contributed by atoms with Gasteiger partial charge in [-0.25, -0.2) is 4.79 Å². The summed E-state index contributed by atoms with van der Waals surface area (Å²) < 4.78 is 0. The third kappa shape index (κ3) is 2.09. The predicted octanol–water partition coefficient (Wildman–Crippen LogP) is 1.94. The van der Waals surface area contributed by atoms with Gasteiger partial charge >= 0.3 is 5.97 Å².